The summed E-state index contributed by atoms with van der Waals surface area (Å²) in [6.45, 7) is 1.28. The number of rotatable bonds is 3. The molecule has 1 aromatic rings. The molecule has 0 aliphatic carbocycles. The van der Waals surface area contributed by atoms with E-state index in [-0.39, 0.29) is 15.7 Å². The highest BCUT2D eigenvalue weighted by Crippen LogP contribution is 2.20. The number of nitrogens with two attached hydrogens (primary N) is 1. The lowest BCUT2D eigenvalue weighted by molar-refractivity contribution is -0.127. The fraction of sp³-hybridized carbons (Fsp3) is 0.200. The predicted octanol–water partition coefficient (Wildman–Crippen LogP) is 1.13. The summed E-state index contributed by atoms with van der Waals surface area (Å²) in [6, 6.07) is 0.210. The number of ether oxygens (including phenoxy) is 1. The van der Waals surface area contributed by atoms with Crippen LogP contribution in [0.25, 0.3) is 0 Å². The van der Waals surface area contributed by atoms with E-state index in [2.05, 4.69) is 4.98 Å². The molecule has 102 valence electrons. The van der Waals surface area contributed by atoms with Gasteiger partial charge in [0.2, 0.25) is 0 Å². The molecule has 1 atom stereocenters. The lowest BCUT2D eigenvalue weighted by Crippen LogP contribution is -2.42. The Morgan fingerprint density at radius 3 is 2.58 bits per heavy atom. The molecule has 19 heavy (non-hydrogen) atoms. The fourth-order valence-corrected chi connectivity index (χ4v) is 1.31. The average Bonchev–Trinajstić information content (AvgIpc) is 2.31. The number of imide groups is 1. The number of nitrogens with one attached hydrogen (secondary N) is 1. The zero-order chi connectivity index (χ0) is 14.6. The summed E-state index contributed by atoms with van der Waals surface area (Å²) in [7, 11) is 0. The van der Waals surface area contributed by atoms with E-state index < -0.39 is 24.0 Å². The maximum absolute atomic E-state index is 11.6. The molecule has 0 radical (unpaired) electrons. The Morgan fingerprint density at radius 2 is 2.05 bits per heavy atom. The van der Waals surface area contributed by atoms with Gasteiger partial charge in [0, 0.05) is 6.20 Å². The van der Waals surface area contributed by atoms with E-state index in [0.29, 0.717) is 0 Å². The van der Waals surface area contributed by atoms with E-state index in [9.17, 15) is 14.4 Å². The predicted molar refractivity (Wildman–Crippen MR) is 66.9 cm³/mol. The van der Waals surface area contributed by atoms with Gasteiger partial charge in [-0.25, -0.2) is 14.6 Å². The molecule has 9 heteroatoms. The molecular formula is C10H9Cl2N3O4. The van der Waals surface area contributed by atoms with Gasteiger partial charge in [0.15, 0.2) is 6.10 Å². The van der Waals surface area contributed by atoms with Crippen LogP contribution in [-0.2, 0) is 9.53 Å². The zero-order valence-electron chi connectivity index (χ0n) is 9.65. The minimum absolute atomic E-state index is 0.0214. The normalized spacial score (nSPS) is 11.5. The van der Waals surface area contributed by atoms with E-state index in [4.69, 9.17) is 33.7 Å². The van der Waals surface area contributed by atoms with Crippen LogP contribution in [0.15, 0.2) is 12.3 Å². The van der Waals surface area contributed by atoms with Gasteiger partial charge in [0.25, 0.3) is 5.91 Å². The van der Waals surface area contributed by atoms with E-state index in [1.54, 1.807) is 5.32 Å². The molecule has 0 spiro atoms. The van der Waals surface area contributed by atoms with Gasteiger partial charge in [-0.05, 0) is 13.0 Å². The van der Waals surface area contributed by atoms with Gasteiger partial charge >= 0.3 is 12.0 Å². The Labute approximate surface area is 118 Å². The van der Waals surface area contributed by atoms with Crippen LogP contribution in [0.4, 0.5) is 4.79 Å². The number of carbonyl (C=O) groups is 3. The molecule has 0 aliphatic heterocycles. The van der Waals surface area contributed by atoms with Crippen molar-refractivity contribution >= 4 is 41.1 Å². The van der Waals surface area contributed by atoms with E-state index in [0.717, 1.165) is 6.20 Å². The number of carbonyl (C=O) groups excluding carboxylic acids is 3. The maximum Gasteiger partial charge on any atom is 0.340 e. The van der Waals surface area contributed by atoms with Crippen LogP contribution < -0.4 is 11.1 Å². The van der Waals surface area contributed by atoms with Crippen molar-refractivity contribution in [2.24, 2.45) is 5.73 Å². The number of halogens is 2. The monoisotopic (exact) mass is 305 g/mol. The molecule has 0 saturated heterocycles. The van der Waals surface area contributed by atoms with Crippen LogP contribution in [0, 0.1) is 0 Å². The van der Waals surface area contributed by atoms with Crippen molar-refractivity contribution in [2.75, 3.05) is 0 Å². The van der Waals surface area contributed by atoms with Crippen LogP contribution >= 0.6 is 23.2 Å². The first-order valence-corrected chi connectivity index (χ1v) is 5.69. The van der Waals surface area contributed by atoms with Gasteiger partial charge in [0.1, 0.15) is 5.15 Å². The molecule has 0 aromatic carbocycles. The Hall–Kier alpha value is -1.86. The summed E-state index contributed by atoms with van der Waals surface area (Å²) < 4.78 is 4.79. The number of esters is 1. The summed E-state index contributed by atoms with van der Waals surface area (Å²) in [5.41, 5.74) is 4.78. The number of amides is 3. The molecule has 3 amide bonds. The topological polar surface area (TPSA) is 111 Å². The molecule has 7 nitrogen and oxygen atoms in total. The first kappa shape index (κ1) is 15.2. The number of hydrogen-bond acceptors (Lipinski definition) is 5. The third-order valence-electron chi connectivity index (χ3n) is 1.93. The lowest BCUT2D eigenvalue weighted by atomic mass is 10.3. The number of nitrogens with zero attached hydrogens (tertiary/aromatic N) is 1. The second kappa shape index (κ2) is 6.35. The Morgan fingerprint density at radius 1 is 1.42 bits per heavy atom. The molecule has 0 saturated carbocycles. The maximum atomic E-state index is 11.6. The second-order valence-electron chi connectivity index (χ2n) is 3.40. The van der Waals surface area contributed by atoms with Crippen LogP contribution in [0.1, 0.15) is 17.3 Å². The van der Waals surface area contributed by atoms with Gasteiger partial charge in [-0.3, -0.25) is 10.1 Å². The van der Waals surface area contributed by atoms with Crippen molar-refractivity contribution in [3.8, 4) is 0 Å². The molecule has 1 unspecified atom stereocenters. The van der Waals surface area contributed by atoms with Crippen LogP contribution in [0.3, 0.4) is 0 Å². The van der Waals surface area contributed by atoms with Crippen molar-refractivity contribution in [2.45, 2.75) is 13.0 Å². The largest absolute Gasteiger partial charge is 0.449 e. The lowest BCUT2D eigenvalue weighted by Gasteiger charge is -2.11. The first-order valence-electron chi connectivity index (χ1n) is 4.93. The Bertz CT molecular complexity index is 536. The van der Waals surface area contributed by atoms with E-state index >= 15 is 0 Å². The van der Waals surface area contributed by atoms with Gasteiger partial charge in [-0.2, -0.15) is 0 Å². The highest BCUT2D eigenvalue weighted by atomic mass is 35.5. The number of urea groups is 1. The number of hydrogen-bond donors (Lipinski definition) is 2. The molecular weight excluding hydrogens is 297 g/mol. The highest BCUT2D eigenvalue weighted by molar-refractivity contribution is 6.41. The van der Waals surface area contributed by atoms with Crippen molar-refractivity contribution in [3.63, 3.8) is 0 Å². The van der Waals surface area contributed by atoms with Crippen LogP contribution in [-0.4, -0.2) is 29.0 Å². The van der Waals surface area contributed by atoms with Crippen LogP contribution in [0.2, 0.25) is 10.2 Å². The molecule has 1 aromatic heterocycles. The first-order chi connectivity index (χ1) is 8.81. The molecule has 0 bridgehead atoms. The number of primary amides is 1. The molecule has 1 heterocycles. The molecule has 1 rings (SSSR count). The number of aromatic nitrogens is 1. The smallest absolute Gasteiger partial charge is 0.340 e. The van der Waals surface area contributed by atoms with E-state index in [1.807, 2.05) is 0 Å². The summed E-state index contributed by atoms with van der Waals surface area (Å²) in [5, 5.41) is 1.89. The fourth-order valence-electron chi connectivity index (χ4n) is 1.04. The van der Waals surface area contributed by atoms with Gasteiger partial charge in [0.05, 0.1) is 10.6 Å². The third kappa shape index (κ3) is 4.38. The second-order valence-corrected chi connectivity index (χ2v) is 4.16. The highest BCUT2D eigenvalue weighted by Gasteiger charge is 2.20. The summed E-state index contributed by atoms with van der Waals surface area (Å²) >= 11 is 11.3. The van der Waals surface area contributed by atoms with Crippen molar-refractivity contribution in [1.29, 1.82) is 0 Å². The summed E-state index contributed by atoms with van der Waals surface area (Å²) in [5.74, 6) is -1.67. The Balaban J connectivity index is 2.71. The third-order valence-corrected chi connectivity index (χ3v) is 2.62. The quantitative estimate of drug-likeness (QED) is 0.642. The van der Waals surface area contributed by atoms with Gasteiger partial charge in [-0.1, -0.05) is 23.2 Å². The minimum atomic E-state index is -1.20. The van der Waals surface area contributed by atoms with Gasteiger partial charge in [-0.15, -0.1) is 0 Å². The van der Waals surface area contributed by atoms with Gasteiger partial charge < -0.3 is 10.5 Å². The van der Waals surface area contributed by atoms with E-state index in [1.165, 1.54) is 13.0 Å². The molecule has 0 fully saturated rings. The SMILES string of the molecule is CC(OC(=O)c1cnc(Cl)c(Cl)c1)C(=O)NC(N)=O. The summed E-state index contributed by atoms with van der Waals surface area (Å²) in [6.07, 6.45) is -0.0515. The molecule has 3 N–H and O–H groups in total. The van der Waals surface area contributed by atoms with Crippen molar-refractivity contribution in [1.82, 2.24) is 10.3 Å². The number of pyridine rings is 1. The summed E-state index contributed by atoms with van der Waals surface area (Å²) in [4.78, 5) is 37.1. The zero-order valence-corrected chi connectivity index (χ0v) is 11.2. The minimum Gasteiger partial charge on any atom is -0.449 e. The molecule has 0 aliphatic rings. The standard InChI is InChI=1S/C10H9Cl2N3O4/c1-4(8(16)15-10(13)18)19-9(17)5-2-6(11)7(12)14-3-5/h2-4H,1H3,(H3,13,15,16,18). The average molecular weight is 306 g/mol. The van der Waals surface area contributed by atoms with Crippen molar-refractivity contribution in [3.05, 3.63) is 28.0 Å². The van der Waals surface area contributed by atoms with Crippen molar-refractivity contribution < 1.29 is 19.1 Å². The van der Waals surface area contributed by atoms with Crippen LogP contribution in [0.5, 0.6) is 0 Å². The Kier molecular flexibility index (Phi) is 5.08.